The van der Waals surface area contributed by atoms with Crippen LogP contribution in [0.4, 0.5) is 5.82 Å². The highest BCUT2D eigenvalue weighted by atomic mass is 16.1. The van der Waals surface area contributed by atoms with E-state index in [4.69, 9.17) is 5.73 Å². The van der Waals surface area contributed by atoms with E-state index in [-0.39, 0.29) is 0 Å². The molecule has 1 saturated heterocycles. The molecule has 1 aromatic heterocycles. The molecule has 0 radical (unpaired) electrons. The lowest BCUT2D eigenvalue weighted by Gasteiger charge is -2.21. The molecule has 3 rings (SSSR count). The van der Waals surface area contributed by atoms with Gasteiger partial charge in [-0.1, -0.05) is 30.3 Å². The first-order chi connectivity index (χ1) is 10.7. The Kier molecular flexibility index (Phi) is 4.37. The number of anilines is 1. The molecule has 2 heterocycles. The summed E-state index contributed by atoms with van der Waals surface area (Å²) in [7, 11) is 0. The van der Waals surface area contributed by atoms with Gasteiger partial charge in [0.25, 0.3) is 0 Å². The third kappa shape index (κ3) is 3.27. The summed E-state index contributed by atoms with van der Waals surface area (Å²) in [6.07, 6.45) is 5.05. The highest BCUT2D eigenvalue weighted by molar-refractivity contribution is 5.92. The van der Waals surface area contributed by atoms with Crippen LogP contribution < -0.4 is 10.6 Å². The number of nitrogens with two attached hydrogens (primary N) is 1. The molecule has 1 amide bonds. The van der Waals surface area contributed by atoms with Crippen LogP contribution in [0.1, 0.15) is 41.1 Å². The molecule has 1 aliphatic rings. The third-order valence-corrected chi connectivity index (χ3v) is 4.36. The van der Waals surface area contributed by atoms with E-state index in [0.717, 1.165) is 31.7 Å². The van der Waals surface area contributed by atoms with Gasteiger partial charge in [0.05, 0.1) is 5.56 Å². The average molecular weight is 295 g/mol. The van der Waals surface area contributed by atoms with Crippen LogP contribution >= 0.6 is 0 Å². The van der Waals surface area contributed by atoms with Gasteiger partial charge >= 0.3 is 0 Å². The molecule has 1 aliphatic heterocycles. The summed E-state index contributed by atoms with van der Waals surface area (Å²) in [6.45, 7) is 1.99. The van der Waals surface area contributed by atoms with Gasteiger partial charge in [-0.15, -0.1) is 0 Å². The highest BCUT2D eigenvalue weighted by Gasteiger charge is 2.19. The van der Waals surface area contributed by atoms with Crippen molar-refractivity contribution in [3.8, 4) is 0 Å². The Labute approximate surface area is 131 Å². The van der Waals surface area contributed by atoms with Crippen molar-refractivity contribution >= 4 is 11.7 Å². The second kappa shape index (κ2) is 6.60. The molecular formula is C18H21N3O. The molecule has 22 heavy (non-hydrogen) atoms. The SMILES string of the molecule is NC(=O)c1ccc(N2CCCC(c3ccccc3)CC2)nc1. The molecule has 1 aromatic carbocycles. The first-order valence-corrected chi connectivity index (χ1v) is 7.80. The lowest BCUT2D eigenvalue weighted by molar-refractivity contribution is 0.1000. The largest absolute Gasteiger partial charge is 0.366 e. The van der Waals surface area contributed by atoms with Crippen LogP contribution in [0.5, 0.6) is 0 Å². The van der Waals surface area contributed by atoms with E-state index in [0.29, 0.717) is 11.5 Å². The molecule has 0 spiro atoms. The van der Waals surface area contributed by atoms with Gasteiger partial charge in [0.2, 0.25) is 5.91 Å². The van der Waals surface area contributed by atoms with E-state index in [1.54, 1.807) is 12.3 Å². The standard InChI is InChI=1S/C18H21N3O/c19-18(22)16-8-9-17(20-13-16)21-11-4-7-15(10-12-21)14-5-2-1-3-6-14/h1-3,5-6,8-9,13,15H,4,7,10-12H2,(H2,19,22). The number of pyridine rings is 1. The molecule has 114 valence electrons. The van der Waals surface area contributed by atoms with Gasteiger partial charge < -0.3 is 10.6 Å². The van der Waals surface area contributed by atoms with Crippen molar-refractivity contribution in [1.82, 2.24) is 4.98 Å². The first-order valence-electron chi connectivity index (χ1n) is 7.80. The van der Waals surface area contributed by atoms with Gasteiger partial charge in [-0.2, -0.15) is 0 Å². The fourth-order valence-corrected chi connectivity index (χ4v) is 3.10. The fourth-order valence-electron chi connectivity index (χ4n) is 3.10. The van der Waals surface area contributed by atoms with Crippen LogP contribution in [-0.2, 0) is 0 Å². The predicted octanol–water partition coefficient (Wildman–Crippen LogP) is 2.95. The van der Waals surface area contributed by atoms with Crippen LogP contribution in [0.2, 0.25) is 0 Å². The molecule has 1 atom stereocenters. The fraction of sp³-hybridized carbons (Fsp3) is 0.333. The average Bonchev–Trinajstić information content (AvgIpc) is 2.82. The summed E-state index contributed by atoms with van der Waals surface area (Å²) in [4.78, 5) is 17.8. The number of hydrogen-bond acceptors (Lipinski definition) is 3. The number of amides is 1. The molecule has 2 N–H and O–H groups in total. The minimum Gasteiger partial charge on any atom is -0.366 e. The molecule has 4 heteroatoms. The van der Waals surface area contributed by atoms with E-state index >= 15 is 0 Å². The molecule has 4 nitrogen and oxygen atoms in total. The minimum absolute atomic E-state index is 0.431. The monoisotopic (exact) mass is 295 g/mol. The first kappa shape index (κ1) is 14.6. The maximum Gasteiger partial charge on any atom is 0.250 e. The number of benzene rings is 1. The van der Waals surface area contributed by atoms with Crippen molar-refractivity contribution in [2.45, 2.75) is 25.2 Å². The maximum absolute atomic E-state index is 11.1. The maximum atomic E-state index is 11.1. The molecule has 0 bridgehead atoms. The second-order valence-electron chi connectivity index (χ2n) is 5.79. The van der Waals surface area contributed by atoms with Crippen LogP contribution in [0, 0.1) is 0 Å². The molecular weight excluding hydrogens is 274 g/mol. The van der Waals surface area contributed by atoms with Crippen LogP contribution in [0.15, 0.2) is 48.7 Å². The summed E-state index contributed by atoms with van der Waals surface area (Å²) in [5, 5.41) is 0. The van der Waals surface area contributed by atoms with E-state index < -0.39 is 5.91 Å². The van der Waals surface area contributed by atoms with Gasteiger partial charge in [0.1, 0.15) is 5.82 Å². The number of rotatable bonds is 3. The highest BCUT2D eigenvalue weighted by Crippen LogP contribution is 2.29. The Balaban J connectivity index is 1.68. The summed E-state index contributed by atoms with van der Waals surface area (Å²) < 4.78 is 0. The van der Waals surface area contributed by atoms with E-state index in [1.165, 1.54) is 12.0 Å². The van der Waals surface area contributed by atoms with Crippen LogP contribution in [-0.4, -0.2) is 24.0 Å². The lowest BCUT2D eigenvalue weighted by atomic mass is 9.92. The van der Waals surface area contributed by atoms with Crippen molar-refractivity contribution < 1.29 is 4.79 Å². The van der Waals surface area contributed by atoms with E-state index in [1.807, 2.05) is 6.07 Å². The lowest BCUT2D eigenvalue weighted by Crippen LogP contribution is -2.25. The number of nitrogens with zero attached hydrogens (tertiary/aromatic N) is 2. The van der Waals surface area contributed by atoms with Crippen LogP contribution in [0.25, 0.3) is 0 Å². The molecule has 1 unspecified atom stereocenters. The Bertz CT molecular complexity index is 625. The van der Waals surface area contributed by atoms with Gasteiger partial charge in [-0.05, 0) is 42.9 Å². The Morgan fingerprint density at radius 2 is 1.91 bits per heavy atom. The zero-order valence-corrected chi connectivity index (χ0v) is 12.6. The number of aromatic nitrogens is 1. The topological polar surface area (TPSA) is 59.2 Å². The van der Waals surface area contributed by atoms with Crippen molar-refractivity contribution in [3.63, 3.8) is 0 Å². The Hall–Kier alpha value is -2.36. The van der Waals surface area contributed by atoms with Crippen molar-refractivity contribution in [3.05, 3.63) is 59.8 Å². The number of hydrogen-bond donors (Lipinski definition) is 1. The molecule has 0 aliphatic carbocycles. The summed E-state index contributed by atoms with van der Waals surface area (Å²) in [5.74, 6) is 1.12. The summed E-state index contributed by atoms with van der Waals surface area (Å²) in [5.41, 5.74) is 7.15. The Morgan fingerprint density at radius 1 is 1.09 bits per heavy atom. The zero-order valence-electron chi connectivity index (χ0n) is 12.6. The van der Waals surface area contributed by atoms with Crippen molar-refractivity contribution in [2.75, 3.05) is 18.0 Å². The Morgan fingerprint density at radius 3 is 2.59 bits per heavy atom. The summed E-state index contributed by atoms with van der Waals surface area (Å²) >= 11 is 0. The molecule has 2 aromatic rings. The third-order valence-electron chi connectivity index (χ3n) is 4.36. The van der Waals surface area contributed by atoms with Gasteiger partial charge in [0.15, 0.2) is 0 Å². The van der Waals surface area contributed by atoms with Crippen molar-refractivity contribution in [1.29, 1.82) is 0 Å². The minimum atomic E-state index is -0.431. The van der Waals surface area contributed by atoms with E-state index in [9.17, 15) is 4.79 Å². The number of carbonyl (C=O) groups excluding carboxylic acids is 1. The predicted molar refractivity (Wildman–Crippen MR) is 88.0 cm³/mol. The number of primary amides is 1. The van der Waals surface area contributed by atoms with E-state index in [2.05, 4.69) is 40.2 Å². The second-order valence-corrected chi connectivity index (χ2v) is 5.79. The summed E-state index contributed by atoms with van der Waals surface area (Å²) in [6, 6.07) is 14.4. The van der Waals surface area contributed by atoms with Gasteiger partial charge in [-0.25, -0.2) is 4.98 Å². The molecule has 1 fully saturated rings. The van der Waals surface area contributed by atoms with Gasteiger partial charge in [0, 0.05) is 19.3 Å². The quantitative estimate of drug-likeness (QED) is 0.947. The molecule has 0 saturated carbocycles. The smallest absolute Gasteiger partial charge is 0.250 e. The normalized spacial score (nSPS) is 18.7. The van der Waals surface area contributed by atoms with Crippen molar-refractivity contribution in [2.24, 2.45) is 5.73 Å². The number of carbonyl (C=O) groups is 1. The van der Waals surface area contributed by atoms with Gasteiger partial charge in [-0.3, -0.25) is 4.79 Å². The zero-order chi connectivity index (χ0) is 15.4. The van der Waals surface area contributed by atoms with Crippen LogP contribution in [0.3, 0.4) is 0 Å².